The molecule has 1 N–H and O–H groups in total. The van der Waals surface area contributed by atoms with Crippen molar-refractivity contribution in [3.63, 3.8) is 0 Å². The van der Waals surface area contributed by atoms with Crippen LogP contribution in [-0.2, 0) is 4.79 Å². The number of hydrogen-bond acceptors (Lipinski definition) is 4. The van der Waals surface area contributed by atoms with Crippen LogP contribution in [0.1, 0.15) is 27.3 Å². The Kier molecular flexibility index (Phi) is 4.98. The molecule has 0 fully saturated rings. The Morgan fingerprint density at radius 3 is 2.36 bits per heavy atom. The molecule has 2 aromatic rings. The highest BCUT2D eigenvalue weighted by atomic mass is 32.1. The predicted octanol–water partition coefficient (Wildman–Crippen LogP) is 4.04. The van der Waals surface area contributed by atoms with E-state index in [2.05, 4.69) is 10.3 Å². The number of benzene rings is 1. The van der Waals surface area contributed by atoms with Crippen molar-refractivity contribution < 1.29 is 9.53 Å². The summed E-state index contributed by atoms with van der Waals surface area (Å²) in [4.78, 5) is 17.4. The Morgan fingerprint density at radius 1 is 1.23 bits per heavy atom. The molecule has 5 heteroatoms. The lowest BCUT2D eigenvalue weighted by Gasteiger charge is -2.08. The highest BCUT2D eigenvalue weighted by Crippen LogP contribution is 2.23. The summed E-state index contributed by atoms with van der Waals surface area (Å²) in [5, 5.41) is 3.42. The first-order valence-corrected chi connectivity index (χ1v) is 7.80. The Bertz CT molecular complexity index is 690. The van der Waals surface area contributed by atoms with Crippen molar-refractivity contribution in [3.05, 3.63) is 45.5 Å². The second-order valence-corrected chi connectivity index (χ2v) is 6.36. The first-order valence-electron chi connectivity index (χ1n) is 6.99. The van der Waals surface area contributed by atoms with E-state index in [1.807, 2.05) is 45.9 Å². The number of ether oxygens (including phenoxy) is 1. The lowest BCUT2D eigenvalue weighted by Crippen LogP contribution is -2.07. The zero-order chi connectivity index (χ0) is 16.3. The van der Waals surface area contributed by atoms with Gasteiger partial charge in [0, 0.05) is 11.0 Å². The largest absolute Gasteiger partial charge is 0.497 e. The first kappa shape index (κ1) is 16.2. The van der Waals surface area contributed by atoms with E-state index < -0.39 is 0 Å². The second kappa shape index (κ2) is 6.75. The number of carbonyl (C=O) groups is 1. The Balaban J connectivity index is 2.13. The number of hydrogen-bond donors (Lipinski definition) is 1. The van der Waals surface area contributed by atoms with Crippen molar-refractivity contribution >= 4 is 28.5 Å². The van der Waals surface area contributed by atoms with Gasteiger partial charge in [0.15, 0.2) is 5.13 Å². The van der Waals surface area contributed by atoms with Gasteiger partial charge in [0.2, 0.25) is 5.91 Å². The number of nitrogens with zero attached hydrogens (tertiary/aromatic N) is 1. The second-order valence-electron chi connectivity index (χ2n) is 5.16. The molecule has 1 aromatic carbocycles. The van der Waals surface area contributed by atoms with Crippen LogP contribution in [0.15, 0.2) is 18.2 Å². The van der Waals surface area contributed by atoms with Crippen molar-refractivity contribution in [3.8, 4) is 5.75 Å². The maximum Gasteiger partial charge on any atom is 0.250 e. The topological polar surface area (TPSA) is 51.2 Å². The molecule has 0 atom stereocenters. The molecule has 1 aromatic heterocycles. The van der Waals surface area contributed by atoms with Gasteiger partial charge < -0.3 is 4.74 Å². The normalized spacial score (nSPS) is 11.0. The average molecular weight is 316 g/mol. The summed E-state index contributed by atoms with van der Waals surface area (Å²) in [6.45, 7) is 7.92. The molecule has 0 aliphatic heterocycles. The van der Waals surface area contributed by atoms with E-state index >= 15 is 0 Å². The number of aromatic nitrogens is 1. The fourth-order valence-corrected chi connectivity index (χ4v) is 2.97. The number of rotatable bonds is 4. The molecule has 0 saturated heterocycles. The van der Waals surface area contributed by atoms with Gasteiger partial charge in [-0.25, -0.2) is 4.98 Å². The van der Waals surface area contributed by atoms with Crippen LogP contribution in [0.5, 0.6) is 5.75 Å². The molecule has 1 amide bonds. The summed E-state index contributed by atoms with van der Waals surface area (Å²) in [5.74, 6) is 0.647. The van der Waals surface area contributed by atoms with E-state index in [1.165, 1.54) is 17.4 Å². The van der Waals surface area contributed by atoms with E-state index in [0.717, 1.165) is 33.0 Å². The number of aryl methyl sites for hydroxylation is 4. The van der Waals surface area contributed by atoms with Gasteiger partial charge in [-0.3, -0.25) is 10.1 Å². The Labute approximate surface area is 134 Å². The minimum Gasteiger partial charge on any atom is -0.497 e. The van der Waals surface area contributed by atoms with Crippen LogP contribution < -0.4 is 10.1 Å². The Hall–Kier alpha value is -2.14. The van der Waals surface area contributed by atoms with Gasteiger partial charge in [-0.15, -0.1) is 11.3 Å². The number of thiazole rings is 1. The third-order valence-corrected chi connectivity index (χ3v) is 4.45. The smallest absolute Gasteiger partial charge is 0.250 e. The summed E-state index contributed by atoms with van der Waals surface area (Å²) < 4.78 is 5.24. The van der Waals surface area contributed by atoms with Crippen LogP contribution in [0.3, 0.4) is 0 Å². The molecular formula is C17H20N2O2S. The first-order chi connectivity index (χ1) is 10.4. The maximum atomic E-state index is 12.0. The zero-order valence-corrected chi connectivity index (χ0v) is 14.3. The lowest BCUT2D eigenvalue weighted by atomic mass is 10.0. The number of nitrogens with one attached hydrogen (secondary N) is 1. The standard InChI is InChI=1S/C17H20N2O2S/c1-10-8-14(21-5)9-11(2)15(10)6-7-16(20)19-17-18-12(3)13(4)22-17/h6-9H,1-5H3,(H,18,19,20)/b7-6+. The molecular weight excluding hydrogens is 296 g/mol. The maximum absolute atomic E-state index is 12.0. The van der Waals surface area contributed by atoms with Gasteiger partial charge in [0.1, 0.15) is 5.75 Å². The summed E-state index contributed by atoms with van der Waals surface area (Å²) in [5.41, 5.74) is 4.12. The lowest BCUT2D eigenvalue weighted by molar-refractivity contribution is -0.111. The van der Waals surface area contributed by atoms with Crippen LogP contribution in [0, 0.1) is 27.7 Å². The molecule has 116 valence electrons. The molecule has 0 saturated carbocycles. The highest BCUT2D eigenvalue weighted by Gasteiger charge is 2.07. The number of anilines is 1. The molecule has 0 radical (unpaired) electrons. The van der Waals surface area contributed by atoms with E-state index in [-0.39, 0.29) is 5.91 Å². The van der Waals surface area contributed by atoms with Crippen LogP contribution in [0.2, 0.25) is 0 Å². The monoisotopic (exact) mass is 316 g/mol. The summed E-state index contributed by atoms with van der Waals surface area (Å²) in [6, 6.07) is 3.91. The number of carbonyl (C=O) groups excluding carboxylic acids is 1. The van der Waals surface area contributed by atoms with Crippen LogP contribution >= 0.6 is 11.3 Å². The van der Waals surface area contributed by atoms with Gasteiger partial charge in [-0.05, 0) is 62.6 Å². The third-order valence-electron chi connectivity index (χ3n) is 3.46. The molecule has 0 unspecified atom stereocenters. The molecule has 0 bridgehead atoms. The minimum absolute atomic E-state index is 0.177. The van der Waals surface area contributed by atoms with Gasteiger partial charge >= 0.3 is 0 Å². The van der Waals surface area contributed by atoms with E-state index in [4.69, 9.17) is 4.74 Å². The van der Waals surface area contributed by atoms with E-state index in [9.17, 15) is 4.79 Å². The quantitative estimate of drug-likeness (QED) is 0.866. The molecule has 1 heterocycles. The van der Waals surface area contributed by atoms with E-state index in [1.54, 1.807) is 7.11 Å². The van der Waals surface area contributed by atoms with E-state index in [0.29, 0.717) is 5.13 Å². The van der Waals surface area contributed by atoms with Gasteiger partial charge in [-0.1, -0.05) is 0 Å². The molecule has 0 aliphatic carbocycles. The summed E-state index contributed by atoms with van der Waals surface area (Å²) >= 11 is 1.48. The van der Waals surface area contributed by atoms with Crippen molar-refractivity contribution in [1.82, 2.24) is 4.98 Å². The van der Waals surface area contributed by atoms with Crippen molar-refractivity contribution in [2.24, 2.45) is 0 Å². The highest BCUT2D eigenvalue weighted by molar-refractivity contribution is 7.15. The van der Waals surface area contributed by atoms with Gasteiger partial charge in [-0.2, -0.15) is 0 Å². The Morgan fingerprint density at radius 2 is 1.86 bits per heavy atom. The van der Waals surface area contributed by atoms with Crippen molar-refractivity contribution in [1.29, 1.82) is 0 Å². The zero-order valence-electron chi connectivity index (χ0n) is 13.5. The number of methoxy groups -OCH3 is 1. The van der Waals surface area contributed by atoms with Crippen LogP contribution in [0.25, 0.3) is 6.08 Å². The molecule has 2 rings (SSSR count). The number of amides is 1. The van der Waals surface area contributed by atoms with Gasteiger partial charge in [0.05, 0.1) is 12.8 Å². The molecule has 0 aliphatic rings. The molecule has 0 spiro atoms. The van der Waals surface area contributed by atoms with Crippen molar-refractivity contribution in [2.45, 2.75) is 27.7 Å². The summed E-state index contributed by atoms with van der Waals surface area (Å²) in [6.07, 6.45) is 3.36. The predicted molar refractivity (Wildman–Crippen MR) is 91.7 cm³/mol. The van der Waals surface area contributed by atoms with Crippen LogP contribution in [0.4, 0.5) is 5.13 Å². The molecule has 22 heavy (non-hydrogen) atoms. The van der Waals surface area contributed by atoms with Crippen LogP contribution in [-0.4, -0.2) is 18.0 Å². The molecule has 4 nitrogen and oxygen atoms in total. The fourth-order valence-electron chi connectivity index (χ4n) is 2.15. The average Bonchev–Trinajstić information content (AvgIpc) is 2.75. The third kappa shape index (κ3) is 3.74. The van der Waals surface area contributed by atoms with Crippen molar-refractivity contribution in [2.75, 3.05) is 12.4 Å². The SMILES string of the molecule is COc1cc(C)c(/C=C/C(=O)Nc2nc(C)c(C)s2)c(C)c1. The van der Waals surface area contributed by atoms with Gasteiger partial charge in [0.25, 0.3) is 0 Å². The summed E-state index contributed by atoms with van der Waals surface area (Å²) in [7, 11) is 1.65. The minimum atomic E-state index is -0.177. The fraction of sp³-hybridized carbons (Fsp3) is 0.294.